The van der Waals surface area contributed by atoms with Gasteiger partial charge in [-0.2, -0.15) is 0 Å². The largest absolute Gasteiger partial charge is 0.496 e. The molecule has 0 atom stereocenters. The Morgan fingerprint density at radius 2 is 1.83 bits per heavy atom. The molecule has 0 saturated carbocycles. The minimum absolute atomic E-state index is 0.822. The topological polar surface area (TPSA) is 21.6 Å². The van der Waals surface area contributed by atoms with E-state index >= 15 is 0 Å². The van der Waals surface area contributed by atoms with E-state index in [1.165, 1.54) is 5.56 Å². The number of aryl methyl sites for hydroxylation is 1. The first-order valence-corrected chi connectivity index (χ1v) is 6.42. The fourth-order valence-corrected chi connectivity index (χ4v) is 2.10. The van der Waals surface area contributed by atoms with Gasteiger partial charge in [0.05, 0.1) is 17.3 Å². The van der Waals surface area contributed by atoms with E-state index in [9.17, 15) is 0 Å². The number of hydrogen-bond acceptors (Lipinski definition) is 2. The second-order valence-electron chi connectivity index (χ2n) is 3.99. The predicted octanol–water partition coefficient (Wildman–Crippen LogP) is 4.52. The van der Waals surface area contributed by atoms with Gasteiger partial charge < -0.3 is 4.74 Å². The molecule has 0 unspecified atom stereocenters. The van der Waals surface area contributed by atoms with Gasteiger partial charge in [-0.1, -0.05) is 17.7 Å². The van der Waals surface area contributed by atoms with E-state index in [0.29, 0.717) is 0 Å². The van der Waals surface area contributed by atoms with Crippen LogP contribution in [0.15, 0.2) is 51.9 Å². The summed E-state index contributed by atoms with van der Waals surface area (Å²) < 4.78 is 6.11. The van der Waals surface area contributed by atoms with Crippen LogP contribution in [0.2, 0.25) is 0 Å². The Labute approximate surface area is 115 Å². The first-order chi connectivity index (χ1) is 8.69. The van der Waals surface area contributed by atoms with Crippen molar-refractivity contribution in [2.75, 3.05) is 7.11 Å². The summed E-state index contributed by atoms with van der Waals surface area (Å²) in [4.78, 5) is 4.43. The molecule has 2 nitrogen and oxygen atoms in total. The predicted molar refractivity (Wildman–Crippen MR) is 79.1 cm³/mol. The minimum atomic E-state index is 0.822. The van der Waals surface area contributed by atoms with Gasteiger partial charge in [-0.05, 0) is 58.7 Å². The summed E-state index contributed by atoms with van der Waals surface area (Å²) >= 11 is 3.46. The summed E-state index contributed by atoms with van der Waals surface area (Å²) in [7, 11) is 1.65. The molecule has 0 aliphatic rings. The van der Waals surface area contributed by atoms with Gasteiger partial charge in [0.25, 0.3) is 0 Å². The van der Waals surface area contributed by atoms with Crippen molar-refractivity contribution in [2.24, 2.45) is 4.99 Å². The van der Waals surface area contributed by atoms with E-state index in [1.54, 1.807) is 7.11 Å². The summed E-state index contributed by atoms with van der Waals surface area (Å²) in [6.45, 7) is 2.06. The molecular formula is C15H14BrNO. The van der Waals surface area contributed by atoms with Crippen LogP contribution < -0.4 is 4.74 Å². The highest BCUT2D eigenvalue weighted by Crippen LogP contribution is 2.25. The number of aliphatic imine (C=N–C) groups is 1. The lowest BCUT2D eigenvalue weighted by Gasteiger charge is -2.03. The Morgan fingerprint density at radius 3 is 2.44 bits per heavy atom. The summed E-state index contributed by atoms with van der Waals surface area (Å²) in [5.74, 6) is 0.822. The third-order valence-electron chi connectivity index (χ3n) is 2.57. The van der Waals surface area contributed by atoms with Gasteiger partial charge in [0.1, 0.15) is 5.75 Å². The smallest absolute Gasteiger partial charge is 0.133 e. The van der Waals surface area contributed by atoms with Gasteiger partial charge in [0.2, 0.25) is 0 Å². The van der Waals surface area contributed by atoms with Gasteiger partial charge in [-0.25, -0.2) is 0 Å². The molecule has 0 aromatic heterocycles. The highest BCUT2D eigenvalue weighted by atomic mass is 79.9. The molecule has 3 heteroatoms. The molecular weight excluding hydrogens is 290 g/mol. The maximum absolute atomic E-state index is 5.18. The number of halogens is 1. The average molecular weight is 304 g/mol. The normalized spacial score (nSPS) is 10.8. The molecule has 0 aliphatic heterocycles. The third kappa shape index (κ3) is 3.20. The molecule has 0 N–H and O–H groups in total. The number of nitrogens with zero attached hydrogens (tertiary/aromatic N) is 1. The Hall–Kier alpha value is -1.61. The molecule has 0 aliphatic carbocycles. The van der Waals surface area contributed by atoms with Crippen LogP contribution in [0.3, 0.4) is 0 Å². The monoisotopic (exact) mass is 303 g/mol. The Morgan fingerprint density at radius 1 is 1.11 bits per heavy atom. The lowest BCUT2D eigenvalue weighted by Crippen LogP contribution is -1.86. The van der Waals surface area contributed by atoms with E-state index in [4.69, 9.17) is 4.74 Å². The molecule has 2 aromatic rings. The van der Waals surface area contributed by atoms with Crippen molar-refractivity contribution < 1.29 is 4.74 Å². The molecule has 0 radical (unpaired) electrons. The van der Waals surface area contributed by atoms with E-state index in [-0.39, 0.29) is 0 Å². The highest BCUT2D eigenvalue weighted by Gasteiger charge is 1.99. The third-order valence-corrected chi connectivity index (χ3v) is 3.19. The molecule has 0 fully saturated rings. The fraction of sp³-hybridized carbons (Fsp3) is 0.133. The quantitative estimate of drug-likeness (QED) is 0.764. The summed E-state index contributed by atoms with van der Waals surface area (Å²) in [6.07, 6.45) is 1.84. The molecule has 0 heterocycles. The van der Waals surface area contributed by atoms with Crippen molar-refractivity contribution in [2.45, 2.75) is 6.92 Å². The second kappa shape index (κ2) is 5.83. The van der Waals surface area contributed by atoms with E-state index in [2.05, 4.69) is 40.0 Å². The maximum Gasteiger partial charge on any atom is 0.133 e. The zero-order chi connectivity index (χ0) is 13.0. The Balaban J connectivity index is 2.18. The van der Waals surface area contributed by atoms with Crippen molar-refractivity contribution in [1.82, 2.24) is 0 Å². The molecule has 0 amide bonds. The molecule has 0 saturated heterocycles. The van der Waals surface area contributed by atoms with Crippen LogP contribution in [0.25, 0.3) is 0 Å². The molecule has 2 rings (SSSR count). The van der Waals surface area contributed by atoms with Crippen LogP contribution in [0.1, 0.15) is 11.1 Å². The lowest BCUT2D eigenvalue weighted by atomic mass is 10.2. The van der Waals surface area contributed by atoms with Gasteiger partial charge in [0, 0.05) is 6.21 Å². The molecule has 0 bridgehead atoms. The average Bonchev–Trinajstić information content (AvgIpc) is 2.38. The summed E-state index contributed by atoms with van der Waals surface area (Å²) in [5, 5.41) is 0. The van der Waals surface area contributed by atoms with Crippen LogP contribution in [-0.4, -0.2) is 13.3 Å². The number of hydrogen-bond donors (Lipinski definition) is 0. The number of methoxy groups -OCH3 is 1. The maximum atomic E-state index is 5.18. The van der Waals surface area contributed by atoms with Crippen LogP contribution in [0.4, 0.5) is 5.69 Å². The standard InChI is InChI=1S/C15H14BrNO/c1-11-3-6-13(7-4-11)17-10-12-5-8-15(18-2)14(16)9-12/h3-10H,1-2H3. The Bertz CT molecular complexity index is 561. The lowest BCUT2D eigenvalue weighted by molar-refractivity contribution is 0.412. The fourth-order valence-electron chi connectivity index (χ4n) is 1.54. The number of ether oxygens (including phenoxy) is 1. The second-order valence-corrected chi connectivity index (χ2v) is 4.84. The Kier molecular flexibility index (Phi) is 4.15. The molecule has 2 aromatic carbocycles. The van der Waals surface area contributed by atoms with Gasteiger partial charge >= 0.3 is 0 Å². The number of rotatable bonds is 3. The van der Waals surface area contributed by atoms with Crippen molar-refractivity contribution in [1.29, 1.82) is 0 Å². The van der Waals surface area contributed by atoms with Crippen molar-refractivity contribution >= 4 is 27.8 Å². The highest BCUT2D eigenvalue weighted by molar-refractivity contribution is 9.10. The first kappa shape index (κ1) is 12.8. The summed E-state index contributed by atoms with van der Waals surface area (Å²) in [6, 6.07) is 14.0. The van der Waals surface area contributed by atoms with Crippen molar-refractivity contribution in [3.8, 4) is 5.75 Å². The molecule has 92 valence electrons. The molecule has 0 spiro atoms. The minimum Gasteiger partial charge on any atom is -0.496 e. The SMILES string of the molecule is COc1ccc(C=Nc2ccc(C)cc2)cc1Br. The van der Waals surface area contributed by atoms with Crippen LogP contribution >= 0.6 is 15.9 Å². The van der Waals surface area contributed by atoms with Gasteiger partial charge in [0.15, 0.2) is 0 Å². The van der Waals surface area contributed by atoms with Crippen LogP contribution in [0.5, 0.6) is 5.75 Å². The van der Waals surface area contributed by atoms with E-state index in [1.807, 2.05) is 36.5 Å². The molecule has 18 heavy (non-hydrogen) atoms. The first-order valence-electron chi connectivity index (χ1n) is 5.63. The van der Waals surface area contributed by atoms with Crippen molar-refractivity contribution in [3.63, 3.8) is 0 Å². The zero-order valence-electron chi connectivity index (χ0n) is 10.4. The van der Waals surface area contributed by atoms with Crippen molar-refractivity contribution in [3.05, 3.63) is 58.1 Å². The zero-order valence-corrected chi connectivity index (χ0v) is 11.9. The van der Waals surface area contributed by atoms with Gasteiger partial charge in [-0.3, -0.25) is 4.99 Å². The van der Waals surface area contributed by atoms with E-state index < -0.39 is 0 Å². The van der Waals surface area contributed by atoms with Gasteiger partial charge in [-0.15, -0.1) is 0 Å². The van der Waals surface area contributed by atoms with Crippen LogP contribution in [0, 0.1) is 6.92 Å². The van der Waals surface area contributed by atoms with Crippen LogP contribution in [-0.2, 0) is 0 Å². The summed E-state index contributed by atoms with van der Waals surface area (Å²) in [5.41, 5.74) is 3.22. The number of benzene rings is 2. The van der Waals surface area contributed by atoms with E-state index in [0.717, 1.165) is 21.5 Å².